The van der Waals surface area contributed by atoms with Gasteiger partial charge in [-0.05, 0) is 24.6 Å². The van der Waals surface area contributed by atoms with Gasteiger partial charge >= 0.3 is 0 Å². The molecule has 0 fully saturated rings. The number of carbonyl (C=O) groups excluding carboxylic acids is 1. The molecule has 1 aromatic carbocycles. The lowest BCUT2D eigenvalue weighted by atomic mass is 10.1. The van der Waals surface area contributed by atoms with Crippen molar-refractivity contribution >= 4 is 11.6 Å². The number of anilines is 1. The molecule has 0 aliphatic carbocycles. The predicted molar refractivity (Wildman–Crippen MR) is 67.4 cm³/mol. The van der Waals surface area contributed by atoms with Crippen LogP contribution in [-0.4, -0.2) is 19.1 Å². The Bertz CT molecular complexity index is 454. The van der Waals surface area contributed by atoms with E-state index in [1.165, 1.54) is 6.26 Å². The summed E-state index contributed by atoms with van der Waals surface area (Å²) in [5.74, 6) is -0.0671. The molecular formula is C13H16N2O3. The average molecular weight is 248 g/mol. The molecule has 2 rings (SSSR count). The molecule has 3 N–H and O–H groups in total. The van der Waals surface area contributed by atoms with Crippen molar-refractivity contribution in [3.05, 3.63) is 41.9 Å². The third kappa shape index (κ3) is 2.94. The topological polar surface area (TPSA) is 73.6 Å². The van der Waals surface area contributed by atoms with Gasteiger partial charge in [0.1, 0.15) is 19.5 Å². The summed E-state index contributed by atoms with van der Waals surface area (Å²) >= 11 is 0. The molecule has 5 heteroatoms. The van der Waals surface area contributed by atoms with E-state index in [0.29, 0.717) is 18.9 Å². The highest BCUT2D eigenvalue weighted by atomic mass is 16.6. The van der Waals surface area contributed by atoms with E-state index >= 15 is 0 Å². The van der Waals surface area contributed by atoms with Crippen molar-refractivity contribution < 1.29 is 14.3 Å². The molecule has 1 amide bonds. The van der Waals surface area contributed by atoms with Gasteiger partial charge in [-0.1, -0.05) is 12.1 Å². The molecule has 5 nitrogen and oxygen atoms in total. The molecule has 1 aromatic rings. The Balaban J connectivity index is 1.98. The van der Waals surface area contributed by atoms with Gasteiger partial charge in [-0.15, -0.1) is 0 Å². The zero-order chi connectivity index (χ0) is 13.0. The summed E-state index contributed by atoms with van der Waals surface area (Å²) in [6.07, 6.45) is 1.34. The summed E-state index contributed by atoms with van der Waals surface area (Å²) in [6, 6.07) is 7.25. The van der Waals surface area contributed by atoms with Crippen molar-refractivity contribution in [2.45, 2.75) is 13.0 Å². The third-order valence-electron chi connectivity index (χ3n) is 2.66. The number of nitrogen functional groups attached to an aromatic ring is 1. The van der Waals surface area contributed by atoms with Crippen molar-refractivity contribution in [1.29, 1.82) is 0 Å². The van der Waals surface area contributed by atoms with Gasteiger partial charge in [0.25, 0.3) is 5.91 Å². The standard InChI is InChI=1S/C13H16N2O3/c1-9(10-2-4-11(14)5-3-10)15-13(16)12-8-17-6-7-18-12/h2-5,8-9H,6-7,14H2,1H3,(H,15,16). The van der Waals surface area contributed by atoms with Crippen LogP contribution in [0.25, 0.3) is 0 Å². The molecule has 0 aromatic heterocycles. The lowest BCUT2D eigenvalue weighted by molar-refractivity contribution is -0.122. The summed E-state index contributed by atoms with van der Waals surface area (Å²) in [5.41, 5.74) is 7.29. The second kappa shape index (κ2) is 5.44. The molecule has 0 spiro atoms. The van der Waals surface area contributed by atoms with E-state index in [2.05, 4.69) is 5.32 Å². The van der Waals surface area contributed by atoms with Crippen LogP contribution in [0, 0.1) is 0 Å². The van der Waals surface area contributed by atoms with Gasteiger partial charge in [-0.3, -0.25) is 4.79 Å². The van der Waals surface area contributed by atoms with Crippen molar-refractivity contribution in [2.75, 3.05) is 18.9 Å². The van der Waals surface area contributed by atoms with Crippen LogP contribution in [0.3, 0.4) is 0 Å². The molecule has 1 heterocycles. The summed E-state index contributed by atoms with van der Waals surface area (Å²) in [7, 11) is 0. The summed E-state index contributed by atoms with van der Waals surface area (Å²) in [6.45, 7) is 2.77. The summed E-state index contributed by atoms with van der Waals surface area (Å²) in [5, 5.41) is 2.83. The fourth-order valence-corrected chi connectivity index (χ4v) is 1.62. The van der Waals surface area contributed by atoms with Crippen LogP contribution in [0.15, 0.2) is 36.3 Å². The van der Waals surface area contributed by atoms with Gasteiger partial charge in [0.15, 0.2) is 0 Å². The molecule has 0 bridgehead atoms. The van der Waals surface area contributed by atoms with E-state index in [0.717, 1.165) is 5.56 Å². The highest BCUT2D eigenvalue weighted by Crippen LogP contribution is 2.15. The van der Waals surface area contributed by atoms with Crippen LogP contribution in [0.2, 0.25) is 0 Å². The molecule has 0 saturated carbocycles. The minimum absolute atomic E-state index is 0.121. The van der Waals surface area contributed by atoms with Gasteiger partial charge in [0, 0.05) is 5.69 Å². The molecule has 1 unspecified atom stereocenters. The molecule has 18 heavy (non-hydrogen) atoms. The number of nitrogens with one attached hydrogen (secondary N) is 1. The van der Waals surface area contributed by atoms with Crippen LogP contribution >= 0.6 is 0 Å². The normalized spacial score (nSPS) is 15.9. The van der Waals surface area contributed by atoms with E-state index in [1.807, 2.05) is 19.1 Å². The Morgan fingerprint density at radius 2 is 2.06 bits per heavy atom. The summed E-state index contributed by atoms with van der Waals surface area (Å²) in [4.78, 5) is 11.8. The first-order valence-corrected chi connectivity index (χ1v) is 5.77. The fraction of sp³-hybridized carbons (Fsp3) is 0.308. The maximum Gasteiger partial charge on any atom is 0.290 e. The van der Waals surface area contributed by atoms with Crippen LogP contribution < -0.4 is 11.1 Å². The average Bonchev–Trinajstić information content (AvgIpc) is 2.40. The first-order chi connectivity index (χ1) is 8.66. The Morgan fingerprint density at radius 3 is 2.67 bits per heavy atom. The number of carbonyl (C=O) groups is 1. The van der Waals surface area contributed by atoms with Crippen LogP contribution in [0.4, 0.5) is 5.69 Å². The third-order valence-corrected chi connectivity index (χ3v) is 2.66. The quantitative estimate of drug-likeness (QED) is 0.791. The Labute approximate surface area is 106 Å². The highest BCUT2D eigenvalue weighted by Gasteiger charge is 2.17. The monoisotopic (exact) mass is 248 g/mol. The number of rotatable bonds is 3. The first kappa shape index (κ1) is 12.3. The first-order valence-electron chi connectivity index (χ1n) is 5.77. The zero-order valence-corrected chi connectivity index (χ0v) is 10.2. The highest BCUT2D eigenvalue weighted by molar-refractivity contribution is 5.91. The largest absolute Gasteiger partial charge is 0.494 e. The number of hydrogen-bond acceptors (Lipinski definition) is 4. The Morgan fingerprint density at radius 1 is 1.33 bits per heavy atom. The molecule has 1 aliphatic heterocycles. The number of hydrogen-bond donors (Lipinski definition) is 2. The smallest absolute Gasteiger partial charge is 0.290 e. The Hall–Kier alpha value is -2.17. The zero-order valence-electron chi connectivity index (χ0n) is 10.2. The van der Waals surface area contributed by atoms with Crippen molar-refractivity contribution in [1.82, 2.24) is 5.32 Å². The number of benzene rings is 1. The second-order valence-electron chi connectivity index (χ2n) is 4.06. The lowest BCUT2D eigenvalue weighted by Gasteiger charge is -2.18. The van der Waals surface area contributed by atoms with E-state index in [-0.39, 0.29) is 17.7 Å². The molecule has 0 saturated heterocycles. The van der Waals surface area contributed by atoms with E-state index in [1.54, 1.807) is 12.1 Å². The fourth-order valence-electron chi connectivity index (χ4n) is 1.62. The lowest BCUT2D eigenvalue weighted by Crippen LogP contribution is -2.30. The van der Waals surface area contributed by atoms with Crippen LogP contribution in [-0.2, 0) is 14.3 Å². The number of nitrogens with two attached hydrogens (primary N) is 1. The minimum atomic E-state index is -0.279. The van der Waals surface area contributed by atoms with Gasteiger partial charge in [0.05, 0.1) is 6.04 Å². The molecular weight excluding hydrogens is 232 g/mol. The Kier molecular flexibility index (Phi) is 3.72. The van der Waals surface area contributed by atoms with E-state index in [9.17, 15) is 4.79 Å². The molecule has 0 radical (unpaired) electrons. The maximum absolute atomic E-state index is 11.8. The minimum Gasteiger partial charge on any atom is -0.494 e. The predicted octanol–water partition coefficient (Wildman–Crippen LogP) is 1.33. The van der Waals surface area contributed by atoms with Gasteiger partial charge in [-0.2, -0.15) is 0 Å². The number of ether oxygens (including phenoxy) is 2. The second-order valence-corrected chi connectivity index (χ2v) is 4.06. The van der Waals surface area contributed by atoms with Crippen molar-refractivity contribution in [3.8, 4) is 0 Å². The molecule has 1 atom stereocenters. The van der Waals surface area contributed by atoms with E-state index < -0.39 is 0 Å². The van der Waals surface area contributed by atoms with Crippen LogP contribution in [0.5, 0.6) is 0 Å². The SMILES string of the molecule is CC(NC(=O)C1=COCCO1)c1ccc(N)cc1. The van der Waals surface area contributed by atoms with Crippen LogP contribution in [0.1, 0.15) is 18.5 Å². The van der Waals surface area contributed by atoms with Gasteiger partial charge in [-0.25, -0.2) is 0 Å². The number of amides is 1. The molecule has 96 valence electrons. The van der Waals surface area contributed by atoms with Crippen molar-refractivity contribution in [2.24, 2.45) is 0 Å². The van der Waals surface area contributed by atoms with Gasteiger partial charge < -0.3 is 20.5 Å². The van der Waals surface area contributed by atoms with Crippen molar-refractivity contribution in [3.63, 3.8) is 0 Å². The van der Waals surface area contributed by atoms with Gasteiger partial charge in [0.2, 0.25) is 5.76 Å². The summed E-state index contributed by atoms with van der Waals surface area (Å²) < 4.78 is 10.2. The maximum atomic E-state index is 11.8. The molecule has 1 aliphatic rings. The van der Waals surface area contributed by atoms with E-state index in [4.69, 9.17) is 15.2 Å².